The Bertz CT molecular complexity index is 630. The summed E-state index contributed by atoms with van der Waals surface area (Å²) < 4.78 is 0.264. The number of aliphatic imine (C=N–C) groups is 1. The summed E-state index contributed by atoms with van der Waals surface area (Å²) in [6.07, 6.45) is 10.6. The van der Waals surface area contributed by atoms with Crippen molar-refractivity contribution >= 4 is 23.7 Å². The van der Waals surface area contributed by atoms with E-state index in [-0.39, 0.29) is 29.3 Å². The minimum absolute atomic E-state index is 0.0507. The topological polar surface area (TPSA) is 96.4 Å². The van der Waals surface area contributed by atoms with Gasteiger partial charge in [0.15, 0.2) is 24.6 Å². The molecule has 1 saturated carbocycles. The Balaban J connectivity index is 1.72. The van der Waals surface area contributed by atoms with Crippen molar-refractivity contribution < 1.29 is 5.11 Å². The van der Waals surface area contributed by atoms with Gasteiger partial charge in [-0.25, -0.2) is 9.47 Å². The number of anilines is 1. The number of hydrogen-bond acceptors (Lipinski definition) is 6. The van der Waals surface area contributed by atoms with Crippen molar-refractivity contribution in [2.75, 3.05) is 12.0 Å². The highest BCUT2D eigenvalue weighted by molar-refractivity contribution is 5.92. The van der Waals surface area contributed by atoms with Crippen LogP contribution in [0, 0.1) is 0 Å². The van der Waals surface area contributed by atoms with E-state index in [9.17, 15) is 5.11 Å². The molecule has 1 aromatic rings. The standard InChI is InChI=1S/C14H19N6O/c15-10-5-11(10)19-13-12-14(17-6-16-13)20(8-21,7-18-12)9-3-1-2-4-9/h1,3,6-7,9-11,21H,2,4-5,8,15H2,(H,16,17,19)/q+1/t9?,10-,11+,20?/m0/s1. The van der Waals surface area contributed by atoms with Gasteiger partial charge >= 0.3 is 0 Å². The van der Waals surface area contributed by atoms with Crippen LogP contribution in [0.1, 0.15) is 19.3 Å². The minimum Gasteiger partial charge on any atom is -0.364 e. The first-order chi connectivity index (χ1) is 10.2. The van der Waals surface area contributed by atoms with Crippen LogP contribution in [0.25, 0.3) is 0 Å². The molecule has 2 unspecified atom stereocenters. The Morgan fingerprint density at radius 2 is 2.29 bits per heavy atom. The molecule has 4 atom stereocenters. The monoisotopic (exact) mass is 287 g/mol. The third-order valence-corrected chi connectivity index (χ3v) is 4.57. The predicted octanol–water partition coefficient (Wildman–Crippen LogP) is 0.637. The molecule has 0 bridgehead atoms. The lowest BCUT2D eigenvalue weighted by Gasteiger charge is -2.32. The zero-order valence-corrected chi connectivity index (χ0v) is 11.7. The molecule has 1 fully saturated rings. The zero-order chi connectivity index (χ0) is 14.4. The summed E-state index contributed by atoms with van der Waals surface area (Å²) in [6, 6.07) is 0.643. The number of hydrogen-bond donors (Lipinski definition) is 3. The van der Waals surface area contributed by atoms with Crippen LogP contribution in [0.15, 0.2) is 23.5 Å². The molecule has 2 aliphatic carbocycles. The Kier molecular flexibility index (Phi) is 2.81. The van der Waals surface area contributed by atoms with E-state index >= 15 is 0 Å². The van der Waals surface area contributed by atoms with Crippen molar-refractivity contribution in [2.24, 2.45) is 10.7 Å². The van der Waals surface area contributed by atoms with Gasteiger partial charge in [-0.1, -0.05) is 6.08 Å². The third-order valence-electron chi connectivity index (χ3n) is 4.57. The van der Waals surface area contributed by atoms with E-state index in [1.165, 1.54) is 6.33 Å². The molecule has 0 aromatic carbocycles. The van der Waals surface area contributed by atoms with Gasteiger partial charge in [-0.3, -0.25) is 0 Å². The van der Waals surface area contributed by atoms with Gasteiger partial charge in [0.1, 0.15) is 12.4 Å². The van der Waals surface area contributed by atoms with Gasteiger partial charge in [-0.15, -0.1) is 0 Å². The van der Waals surface area contributed by atoms with Crippen LogP contribution in [0.4, 0.5) is 17.3 Å². The van der Waals surface area contributed by atoms with Crippen LogP contribution in [-0.2, 0) is 0 Å². The predicted molar refractivity (Wildman–Crippen MR) is 81.2 cm³/mol. The summed E-state index contributed by atoms with van der Waals surface area (Å²) >= 11 is 0. The molecule has 4 N–H and O–H groups in total. The average molecular weight is 287 g/mol. The first-order valence-electron chi connectivity index (χ1n) is 7.32. The van der Waals surface area contributed by atoms with E-state index in [4.69, 9.17) is 5.73 Å². The van der Waals surface area contributed by atoms with Gasteiger partial charge in [0.25, 0.3) is 5.82 Å². The summed E-state index contributed by atoms with van der Waals surface area (Å²) in [6.45, 7) is -0.0507. The van der Waals surface area contributed by atoms with E-state index in [0.29, 0.717) is 5.82 Å². The van der Waals surface area contributed by atoms with Crippen LogP contribution in [0.5, 0.6) is 0 Å². The summed E-state index contributed by atoms with van der Waals surface area (Å²) in [4.78, 5) is 13.2. The van der Waals surface area contributed by atoms with Crippen LogP contribution < -0.4 is 15.5 Å². The minimum atomic E-state index is -0.0507. The van der Waals surface area contributed by atoms with Crippen LogP contribution >= 0.6 is 0 Å². The van der Waals surface area contributed by atoms with Crippen LogP contribution in [-0.4, -0.2) is 46.3 Å². The first kappa shape index (κ1) is 12.9. The van der Waals surface area contributed by atoms with Crippen molar-refractivity contribution in [1.82, 2.24) is 14.5 Å². The molecule has 1 aliphatic heterocycles. The van der Waals surface area contributed by atoms with E-state index < -0.39 is 0 Å². The van der Waals surface area contributed by atoms with Crippen molar-refractivity contribution in [3.63, 3.8) is 0 Å². The summed E-state index contributed by atoms with van der Waals surface area (Å²) in [5, 5.41) is 13.3. The number of nitrogens with one attached hydrogen (secondary N) is 1. The molecular weight excluding hydrogens is 268 g/mol. The van der Waals surface area contributed by atoms with E-state index in [2.05, 4.69) is 32.4 Å². The lowest BCUT2D eigenvalue weighted by atomic mass is 10.2. The van der Waals surface area contributed by atoms with Gasteiger partial charge in [0.05, 0.1) is 0 Å². The van der Waals surface area contributed by atoms with Crippen LogP contribution in [0.2, 0.25) is 0 Å². The van der Waals surface area contributed by atoms with Crippen molar-refractivity contribution in [3.05, 3.63) is 18.5 Å². The second-order valence-electron chi connectivity index (χ2n) is 5.93. The fourth-order valence-corrected chi connectivity index (χ4v) is 3.12. The Morgan fingerprint density at radius 3 is 2.95 bits per heavy atom. The second-order valence-corrected chi connectivity index (χ2v) is 5.93. The van der Waals surface area contributed by atoms with Gasteiger partial charge < -0.3 is 16.2 Å². The first-order valence-corrected chi connectivity index (χ1v) is 7.32. The maximum atomic E-state index is 10.00. The highest BCUT2D eigenvalue weighted by Gasteiger charge is 2.46. The number of allylic oxidation sites excluding steroid dienone is 1. The number of rotatable bonds is 4. The van der Waals surface area contributed by atoms with Gasteiger partial charge in [0, 0.05) is 18.5 Å². The fraction of sp³-hybridized carbons (Fsp3) is 0.500. The average Bonchev–Trinajstić information content (AvgIpc) is 2.95. The highest BCUT2D eigenvalue weighted by atomic mass is 16.3. The maximum absolute atomic E-state index is 10.00. The molecule has 21 heavy (non-hydrogen) atoms. The molecule has 0 radical (unpaired) electrons. The Morgan fingerprint density at radius 1 is 1.43 bits per heavy atom. The second kappa shape index (κ2) is 4.59. The molecule has 3 aliphatic rings. The van der Waals surface area contributed by atoms with Gasteiger partial charge in [0.2, 0.25) is 0 Å². The molecule has 7 heteroatoms. The normalized spacial score (nSPS) is 36.0. The summed E-state index contributed by atoms with van der Waals surface area (Å²) in [5.41, 5.74) is 6.57. The molecular formula is C14H19N6O+. The molecule has 2 heterocycles. The lowest BCUT2D eigenvalue weighted by Crippen LogP contribution is -2.54. The van der Waals surface area contributed by atoms with Gasteiger partial charge in [-0.05, 0) is 18.9 Å². The van der Waals surface area contributed by atoms with E-state index in [0.717, 1.165) is 30.8 Å². The number of aliphatic hydroxyl groups excluding tert-OH is 1. The largest absolute Gasteiger partial charge is 0.364 e. The molecule has 7 nitrogen and oxygen atoms in total. The quantitative estimate of drug-likeness (QED) is 0.558. The maximum Gasteiger partial charge on any atom is 0.267 e. The van der Waals surface area contributed by atoms with Crippen molar-refractivity contribution in [2.45, 2.75) is 37.4 Å². The summed E-state index contributed by atoms with van der Waals surface area (Å²) in [7, 11) is 0. The zero-order valence-electron chi connectivity index (χ0n) is 11.7. The number of quaternary nitrogens is 1. The smallest absolute Gasteiger partial charge is 0.267 e. The number of nitrogens with zero attached hydrogens (tertiary/aromatic N) is 4. The number of nitrogens with two attached hydrogens (primary N) is 1. The van der Waals surface area contributed by atoms with E-state index in [1.807, 2.05) is 0 Å². The van der Waals surface area contributed by atoms with Crippen LogP contribution in [0.3, 0.4) is 0 Å². The molecule has 0 spiro atoms. The number of fused-ring (bicyclic) bond motifs is 1. The molecule has 0 amide bonds. The third kappa shape index (κ3) is 1.89. The fourth-order valence-electron chi connectivity index (χ4n) is 3.12. The highest BCUT2D eigenvalue weighted by Crippen LogP contribution is 2.44. The lowest BCUT2D eigenvalue weighted by molar-refractivity contribution is 0.155. The molecule has 0 saturated heterocycles. The molecule has 110 valence electrons. The molecule has 1 aromatic heterocycles. The molecule has 4 rings (SSSR count). The van der Waals surface area contributed by atoms with E-state index in [1.54, 1.807) is 6.34 Å². The Hall–Kier alpha value is -1.83. The SMILES string of the molecule is N[C@H]1C[C@H]1Nc1ncnc2c1N=C[N+]2(CO)C1C=CCC1. The Labute approximate surface area is 122 Å². The van der Waals surface area contributed by atoms with Crippen molar-refractivity contribution in [3.8, 4) is 0 Å². The van der Waals surface area contributed by atoms with Crippen molar-refractivity contribution in [1.29, 1.82) is 0 Å². The summed E-state index contributed by atoms with van der Waals surface area (Å²) in [5.74, 6) is 1.48. The number of aliphatic hydroxyl groups is 1. The van der Waals surface area contributed by atoms with Gasteiger partial charge in [-0.2, -0.15) is 9.98 Å². The number of aromatic nitrogens is 2.